The van der Waals surface area contributed by atoms with E-state index in [1.807, 2.05) is 27.7 Å². The van der Waals surface area contributed by atoms with Crippen LogP contribution in [-0.4, -0.2) is 22.5 Å². The molecule has 2 rings (SSSR count). The predicted molar refractivity (Wildman–Crippen MR) is 63.3 cm³/mol. The van der Waals surface area contributed by atoms with Crippen molar-refractivity contribution >= 4 is 11.9 Å². The van der Waals surface area contributed by atoms with Crippen molar-refractivity contribution in [3.8, 4) is 0 Å². The van der Waals surface area contributed by atoms with Gasteiger partial charge in [-0.25, -0.2) is 0 Å². The minimum atomic E-state index is -0.862. The van der Waals surface area contributed by atoms with Crippen LogP contribution in [0.2, 0.25) is 0 Å². The van der Waals surface area contributed by atoms with Gasteiger partial charge < -0.3 is 10.4 Å². The molecule has 96 valence electrons. The summed E-state index contributed by atoms with van der Waals surface area (Å²) in [5, 5.41) is 12.1. The first-order valence-corrected chi connectivity index (χ1v) is 6.23. The number of carboxylic acids is 1. The number of hydrogen-bond donors (Lipinski definition) is 2. The maximum atomic E-state index is 12.1. The monoisotopic (exact) mass is 239 g/mol. The average molecular weight is 239 g/mol. The molecule has 0 heterocycles. The molecule has 0 unspecified atom stereocenters. The molecule has 2 fully saturated rings. The topological polar surface area (TPSA) is 66.4 Å². The molecule has 2 aliphatic rings. The average Bonchev–Trinajstić information content (AvgIpc) is 2.95. The van der Waals surface area contributed by atoms with Crippen molar-refractivity contribution in [2.45, 2.75) is 46.1 Å². The summed E-state index contributed by atoms with van der Waals surface area (Å²) in [6, 6.07) is 0. The smallest absolute Gasteiger partial charge is 0.307 e. The highest BCUT2D eigenvalue weighted by Gasteiger charge is 2.66. The molecule has 2 N–H and O–H groups in total. The third kappa shape index (κ3) is 2.05. The standard InChI is InChI=1S/C13H21NO3/c1-12(2)8(9(12)11(16)17)10(15)14-13(3,4)7-5-6-7/h7-9H,5-6H2,1-4H3,(H,14,15)(H,16,17)/t8-,9+/m1/s1. The van der Waals surface area contributed by atoms with Crippen LogP contribution in [0.25, 0.3) is 0 Å². The van der Waals surface area contributed by atoms with Crippen molar-refractivity contribution in [1.82, 2.24) is 5.32 Å². The van der Waals surface area contributed by atoms with Crippen LogP contribution in [0, 0.1) is 23.2 Å². The zero-order valence-electron chi connectivity index (χ0n) is 10.9. The quantitative estimate of drug-likeness (QED) is 0.784. The number of rotatable bonds is 4. The van der Waals surface area contributed by atoms with Crippen LogP contribution in [0.4, 0.5) is 0 Å². The molecule has 4 heteroatoms. The summed E-state index contributed by atoms with van der Waals surface area (Å²) in [5.74, 6) is -1.31. The fourth-order valence-corrected chi connectivity index (χ4v) is 2.89. The molecule has 0 radical (unpaired) electrons. The fourth-order valence-electron chi connectivity index (χ4n) is 2.89. The lowest BCUT2D eigenvalue weighted by Gasteiger charge is -2.26. The summed E-state index contributed by atoms with van der Waals surface area (Å²) in [7, 11) is 0. The lowest BCUT2D eigenvalue weighted by molar-refractivity contribution is -0.140. The van der Waals surface area contributed by atoms with Gasteiger partial charge >= 0.3 is 5.97 Å². The van der Waals surface area contributed by atoms with E-state index < -0.39 is 17.3 Å². The van der Waals surface area contributed by atoms with Crippen molar-refractivity contribution in [3.63, 3.8) is 0 Å². The Hall–Kier alpha value is -1.06. The van der Waals surface area contributed by atoms with Gasteiger partial charge in [0.25, 0.3) is 0 Å². The van der Waals surface area contributed by atoms with Crippen molar-refractivity contribution in [1.29, 1.82) is 0 Å². The van der Waals surface area contributed by atoms with Gasteiger partial charge in [-0.1, -0.05) is 13.8 Å². The molecular formula is C13H21NO3. The Bertz CT molecular complexity index is 369. The van der Waals surface area contributed by atoms with Crippen LogP contribution < -0.4 is 5.32 Å². The van der Waals surface area contributed by atoms with Crippen molar-refractivity contribution in [3.05, 3.63) is 0 Å². The summed E-state index contributed by atoms with van der Waals surface area (Å²) in [6.45, 7) is 7.74. The molecule has 2 atom stereocenters. The Morgan fingerprint density at radius 1 is 1.24 bits per heavy atom. The van der Waals surface area contributed by atoms with Gasteiger partial charge in [-0.3, -0.25) is 9.59 Å². The summed E-state index contributed by atoms with van der Waals surface area (Å²) < 4.78 is 0. The first-order chi connectivity index (χ1) is 7.68. The van der Waals surface area contributed by atoms with Gasteiger partial charge in [0.05, 0.1) is 11.8 Å². The molecule has 1 amide bonds. The molecule has 0 bridgehead atoms. The molecule has 0 saturated heterocycles. The predicted octanol–water partition coefficient (Wildman–Crippen LogP) is 1.65. The number of aliphatic carboxylic acids is 1. The summed E-state index contributed by atoms with van der Waals surface area (Å²) in [6.07, 6.45) is 2.31. The number of hydrogen-bond acceptors (Lipinski definition) is 2. The SMILES string of the molecule is CC(C)(NC(=O)[C@H]1[C@@H](C(=O)O)C1(C)C)C1CC1. The minimum absolute atomic E-state index is 0.0979. The van der Waals surface area contributed by atoms with Gasteiger partial charge in [-0.05, 0) is 38.0 Å². The van der Waals surface area contributed by atoms with Crippen molar-refractivity contribution in [2.75, 3.05) is 0 Å². The maximum Gasteiger partial charge on any atom is 0.307 e. The largest absolute Gasteiger partial charge is 0.481 e. The van der Waals surface area contributed by atoms with Crippen LogP contribution in [0.15, 0.2) is 0 Å². The van der Waals surface area contributed by atoms with E-state index in [2.05, 4.69) is 5.32 Å². The minimum Gasteiger partial charge on any atom is -0.481 e. The Kier molecular flexibility index (Phi) is 2.53. The van der Waals surface area contributed by atoms with E-state index in [0.717, 1.165) is 12.8 Å². The first kappa shape index (κ1) is 12.4. The molecular weight excluding hydrogens is 218 g/mol. The molecule has 4 nitrogen and oxygen atoms in total. The molecule has 0 spiro atoms. The van der Waals surface area contributed by atoms with Gasteiger partial charge in [0, 0.05) is 5.54 Å². The highest BCUT2D eigenvalue weighted by atomic mass is 16.4. The van der Waals surface area contributed by atoms with Crippen molar-refractivity contribution < 1.29 is 14.7 Å². The highest BCUT2D eigenvalue weighted by Crippen LogP contribution is 2.58. The van der Waals surface area contributed by atoms with Crippen LogP contribution in [0.1, 0.15) is 40.5 Å². The van der Waals surface area contributed by atoms with E-state index in [1.165, 1.54) is 0 Å². The number of nitrogens with one attached hydrogen (secondary N) is 1. The molecule has 0 aromatic rings. The van der Waals surface area contributed by atoms with Crippen LogP contribution in [-0.2, 0) is 9.59 Å². The van der Waals surface area contributed by atoms with Gasteiger partial charge in [-0.15, -0.1) is 0 Å². The zero-order valence-corrected chi connectivity index (χ0v) is 10.9. The van der Waals surface area contributed by atoms with E-state index in [1.54, 1.807) is 0 Å². The highest BCUT2D eigenvalue weighted by molar-refractivity contribution is 5.92. The maximum absolute atomic E-state index is 12.1. The molecule has 0 aromatic heterocycles. The fraction of sp³-hybridized carbons (Fsp3) is 0.846. The Labute approximate surface area is 102 Å². The summed E-state index contributed by atoms with van der Waals surface area (Å²) in [5.41, 5.74) is -0.603. The molecule has 2 saturated carbocycles. The van der Waals surface area contributed by atoms with Gasteiger partial charge in [0.15, 0.2) is 0 Å². The van der Waals surface area contributed by atoms with Gasteiger partial charge in [0.2, 0.25) is 5.91 Å². The summed E-state index contributed by atoms with van der Waals surface area (Å²) in [4.78, 5) is 23.1. The Morgan fingerprint density at radius 2 is 1.76 bits per heavy atom. The molecule has 0 aromatic carbocycles. The molecule has 2 aliphatic carbocycles. The summed E-state index contributed by atoms with van der Waals surface area (Å²) >= 11 is 0. The Morgan fingerprint density at radius 3 is 2.12 bits per heavy atom. The van der Waals surface area contributed by atoms with E-state index in [0.29, 0.717) is 5.92 Å². The second-order valence-corrected chi connectivity index (χ2v) is 6.60. The number of amides is 1. The van der Waals surface area contributed by atoms with E-state index >= 15 is 0 Å². The third-order valence-electron chi connectivity index (χ3n) is 4.42. The van der Waals surface area contributed by atoms with Gasteiger partial charge in [0.1, 0.15) is 0 Å². The normalized spacial score (nSPS) is 30.8. The lowest BCUT2D eigenvalue weighted by atomic mass is 9.98. The Balaban J connectivity index is 2.00. The van der Waals surface area contributed by atoms with Crippen molar-refractivity contribution in [2.24, 2.45) is 23.2 Å². The third-order valence-corrected chi connectivity index (χ3v) is 4.42. The van der Waals surface area contributed by atoms with Crippen LogP contribution in [0.3, 0.4) is 0 Å². The second-order valence-electron chi connectivity index (χ2n) is 6.60. The van der Waals surface area contributed by atoms with Crippen LogP contribution in [0.5, 0.6) is 0 Å². The van der Waals surface area contributed by atoms with E-state index in [9.17, 15) is 9.59 Å². The van der Waals surface area contributed by atoms with Gasteiger partial charge in [-0.2, -0.15) is 0 Å². The van der Waals surface area contributed by atoms with E-state index in [-0.39, 0.29) is 17.4 Å². The second kappa shape index (κ2) is 3.47. The number of carbonyl (C=O) groups excluding carboxylic acids is 1. The number of carbonyl (C=O) groups is 2. The number of carboxylic acid groups (broad SMARTS) is 1. The van der Waals surface area contributed by atoms with Crippen LogP contribution >= 0.6 is 0 Å². The molecule has 17 heavy (non-hydrogen) atoms. The lowest BCUT2D eigenvalue weighted by Crippen LogP contribution is -2.46. The van der Waals surface area contributed by atoms with E-state index in [4.69, 9.17) is 5.11 Å². The zero-order chi connectivity index (χ0) is 13.0. The molecule has 0 aliphatic heterocycles. The first-order valence-electron chi connectivity index (χ1n) is 6.23.